The molecule has 33 heavy (non-hydrogen) atoms. The number of benzene rings is 3. The molecule has 0 aliphatic carbocycles. The van der Waals surface area contributed by atoms with Crippen LogP contribution in [0.2, 0.25) is 10.0 Å². The monoisotopic (exact) mass is 488 g/mol. The van der Waals surface area contributed by atoms with Gasteiger partial charge >= 0.3 is 0 Å². The molecule has 0 fully saturated rings. The van der Waals surface area contributed by atoms with Crippen molar-refractivity contribution in [2.45, 2.75) is 12.1 Å². The zero-order valence-corrected chi connectivity index (χ0v) is 19.2. The Labute approximate surface area is 199 Å². The molecular formula is C24H19Cl2FN2O4. The molecule has 1 amide bonds. The Morgan fingerprint density at radius 1 is 1.06 bits per heavy atom. The molecule has 0 saturated carbocycles. The Kier molecular flexibility index (Phi) is 6.30. The summed E-state index contributed by atoms with van der Waals surface area (Å²) in [5.74, 6) is -0.787. The van der Waals surface area contributed by atoms with Gasteiger partial charge in [-0.25, -0.2) is 4.39 Å². The molecule has 0 saturated heterocycles. The van der Waals surface area contributed by atoms with Crippen molar-refractivity contribution in [3.8, 4) is 11.5 Å². The van der Waals surface area contributed by atoms with Crippen LogP contribution in [0, 0.1) is 5.82 Å². The highest BCUT2D eigenvalue weighted by atomic mass is 35.5. The predicted octanol–water partition coefficient (Wildman–Crippen LogP) is 5.25. The first kappa shape index (κ1) is 23.0. The van der Waals surface area contributed by atoms with Gasteiger partial charge in [0.1, 0.15) is 5.75 Å². The fourth-order valence-electron chi connectivity index (χ4n) is 3.65. The average molecular weight is 489 g/mol. The van der Waals surface area contributed by atoms with Crippen LogP contribution in [-0.2, 0) is 5.72 Å². The SMILES string of the molecule is COc1ccc(C2=NN(C(=O)c3ccc(OC)c(F)c3)C(O)(c3ccc(Cl)cc3Cl)C2)cc1. The molecule has 0 bridgehead atoms. The van der Waals surface area contributed by atoms with E-state index in [0.717, 1.165) is 11.1 Å². The lowest BCUT2D eigenvalue weighted by Crippen LogP contribution is -2.43. The molecule has 1 N–H and O–H groups in total. The fourth-order valence-corrected chi connectivity index (χ4v) is 4.21. The van der Waals surface area contributed by atoms with Crippen LogP contribution in [0.25, 0.3) is 0 Å². The van der Waals surface area contributed by atoms with Crippen molar-refractivity contribution < 1.29 is 23.8 Å². The van der Waals surface area contributed by atoms with Crippen LogP contribution in [0.3, 0.4) is 0 Å². The molecule has 4 rings (SSSR count). The largest absolute Gasteiger partial charge is 0.497 e. The molecule has 3 aromatic rings. The van der Waals surface area contributed by atoms with E-state index in [4.69, 9.17) is 32.7 Å². The molecule has 0 aromatic heterocycles. The number of carbonyl (C=O) groups excluding carboxylic acids is 1. The third kappa shape index (κ3) is 4.27. The minimum atomic E-state index is -1.93. The number of aliphatic hydroxyl groups is 1. The van der Waals surface area contributed by atoms with Gasteiger partial charge in [0.2, 0.25) is 0 Å². The molecule has 1 heterocycles. The highest BCUT2D eigenvalue weighted by Gasteiger charge is 2.47. The third-order valence-corrected chi connectivity index (χ3v) is 5.91. The van der Waals surface area contributed by atoms with Gasteiger partial charge in [0.05, 0.1) is 25.0 Å². The van der Waals surface area contributed by atoms with Gasteiger partial charge in [-0.2, -0.15) is 10.1 Å². The van der Waals surface area contributed by atoms with Crippen LogP contribution < -0.4 is 9.47 Å². The van der Waals surface area contributed by atoms with E-state index in [1.165, 1.54) is 31.4 Å². The van der Waals surface area contributed by atoms with Crippen molar-refractivity contribution in [1.82, 2.24) is 5.01 Å². The number of rotatable bonds is 5. The zero-order valence-electron chi connectivity index (χ0n) is 17.7. The number of hydrazone groups is 1. The van der Waals surface area contributed by atoms with Gasteiger partial charge in [0.25, 0.3) is 5.91 Å². The molecule has 9 heteroatoms. The molecule has 0 spiro atoms. The molecule has 6 nitrogen and oxygen atoms in total. The Morgan fingerprint density at radius 2 is 1.79 bits per heavy atom. The molecule has 170 valence electrons. The van der Waals surface area contributed by atoms with E-state index < -0.39 is 17.4 Å². The van der Waals surface area contributed by atoms with Crippen molar-refractivity contribution in [2.75, 3.05) is 14.2 Å². The maximum atomic E-state index is 14.3. The van der Waals surface area contributed by atoms with E-state index in [1.807, 2.05) is 0 Å². The lowest BCUT2D eigenvalue weighted by Gasteiger charge is -2.32. The molecule has 1 aliphatic heterocycles. The summed E-state index contributed by atoms with van der Waals surface area (Å²) in [5.41, 5.74) is -0.589. The first-order valence-corrected chi connectivity index (χ1v) is 10.6. The Hall–Kier alpha value is -3.13. The summed E-state index contributed by atoms with van der Waals surface area (Å²) in [4.78, 5) is 13.4. The summed E-state index contributed by atoms with van der Waals surface area (Å²) >= 11 is 12.4. The van der Waals surface area contributed by atoms with Gasteiger partial charge in [0.15, 0.2) is 17.3 Å². The highest BCUT2D eigenvalue weighted by Crippen LogP contribution is 2.42. The highest BCUT2D eigenvalue weighted by molar-refractivity contribution is 6.35. The number of carbonyl (C=O) groups is 1. The van der Waals surface area contributed by atoms with Crippen LogP contribution in [0.15, 0.2) is 65.8 Å². The number of ether oxygens (including phenoxy) is 2. The van der Waals surface area contributed by atoms with Crippen molar-refractivity contribution in [3.05, 3.63) is 93.2 Å². The van der Waals surface area contributed by atoms with E-state index in [1.54, 1.807) is 37.4 Å². The number of hydrogen-bond acceptors (Lipinski definition) is 5. The maximum Gasteiger partial charge on any atom is 0.277 e. The lowest BCUT2D eigenvalue weighted by atomic mass is 9.94. The van der Waals surface area contributed by atoms with Crippen molar-refractivity contribution in [3.63, 3.8) is 0 Å². The van der Waals surface area contributed by atoms with Gasteiger partial charge in [-0.1, -0.05) is 29.3 Å². The van der Waals surface area contributed by atoms with Crippen molar-refractivity contribution in [1.29, 1.82) is 0 Å². The van der Waals surface area contributed by atoms with Crippen LogP contribution >= 0.6 is 23.2 Å². The maximum absolute atomic E-state index is 14.3. The fraction of sp³-hybridized carbons (Fsp3) is 0.167. The van der Waals surface area contributed by atoms with Crippen LogP contribution in [0.1, 0.15) is 27.9 Å². The molecule has 3 aromatic carbocycles. The number of methoxy groups -OCH3 is 2. The molecule has 0 radical (unpaired) electrons. The normalized spacial score (nSPS) is 17.6. The molecule has 1 atom stereocenters. The third-order valence-electron chi connectivity index (χ3n) is 5.36. The summed E-state index contributed by atoms with van der Waals surface area (Å²) in [5, 5.41) is 17.6. The second-order valence-electron chi connectivity index (χ2n) is 7.36. The number of nitrogens with zero attached hydrogens (tertiary/aromatic N) is 2. The number of amides is 1. The van der Waals surface area contributed by atoms with Gasteiger partial charge in [-0.05, 0) is 60.2 Å². The van der Waals surface area contributed by atoms with Gasteiger partial charge in [0, 0.05) is 22.6 Å². The minimum Gasteiger partial charge on any atom is -0.497 e. The molecule has 1 aliphatic rings. The van der Waals surface area contributed by atoms with Crippen molar-refractivity contribution in [2.24, 2.45) is 5.10 Å². The summed E-state index contributed by atoms with van der Waals surface area (Å²) in [7, 11) is 2.88. The van der Waals surface area contributed by atoms with Gasteiger partial charge < -0.3 is 14.6 Å². The minimum absolute atomic E-state index is 0.00796. The van der Waals surface area contributed by atoms with E-state index in [-0.39, 0.29) is 28.3 Å². The summed E-state index contributed by atoms with van der Waals surface area (Å²) in [6, 6.07) is 15.4. The second kappa shape index (κ2) is 9.02. The quantitative estimate of drug-likeness (QED) is 0.532. The topological polar surface area (TPSA) is 71.4 Å². The van der Waals surface area contributed by atoms with Crippen LogP contribution in [-0.4, -0.2) is 36.0 Å². The number of hydrogen-bond donors (Lipinski definition) is 1. The summed E-state index contributed by atoms with van der Waals surface area (Å²) < 4.78 is 24.4. The second-order valence-corrected chi connectivity index (χ2v) is 8.20. The van der Waals surface area contributed by atoms with Crippen LogP contribution in [0.5, 0.6) is 11.5 Å². The lowest BCUT2D eigenvalue weighted by molar-refractivity contribution is -0.0764. The smallest absolute Gasteiger partial charge is 0.277 e. The Morgan fingerprint density at radius 3 is 2.39 bits per heavy atom. The predicted molar refractivity (Wildman–Crippen MR) is 124 cm³/mol. The first-order chi connectivity index (χ1) is 15.8. The Bertz CT molecular complexity index is 1250. The summed E-state index contributed by atoms with van der Waals surface area (Å²) in [6.07, 6.45) is -0.0505. The molecular weight excluding hydrogens is 470 g/mol. The standard InChI is InChI=1S/C24H19Cl2FN2O4/c1-32-17-7-3-14(4-8-17)21-13-24(31,18-9-6-16(25)12-19(18)26)29(28-21)23(30)15-5-10-22(33-2)20(27)11-15/h3-12,31H,13H2,1-2H3. The molecule has 1 unspecified atom stereocenters. The van der Waals surface area contributed by atoms with E-state index in [0.29, 0.717) is 22.0 Å². The van der Waals surface area contributed by atoms with Gasteiger partial charge in [-0.15, -0.1) is 0 Å². The average Bonchev–Trinajstić information content (AvgIpc) is 3.16. The van der Waals surface area contributed by atoms with Crippen molar-refractivity contribution >= 4 is 34.8 Å². The van der Waals surface area contributed by atoms with E-state index >= 15 is 0 Å². The van der Waals surface area contributed by atoms with E-state index in [2.05, 4.69) is 5.10 Å². The Balaban J connectivity index is 1.81. The number of halogens is 3. The summed E-state index contributed by atoms with van der Waals surface area (Å²) in [6.45, 7) is 0. The first-order valence-electron chi connectivity index (χ1n) is 9.84. The van der Waals surface area contributed by atoms with Crippen LogP contribution in [0.4, 0.5) is 4.39 Å². The van der Waals surface area contributed by atoms with Gasteiger partial charge in [-0.3, -0.25) is 4.79 Å². The van der Waals surface area contributed by atoms with E-state index in [9.17, 15) is 14.3 Å². The zero-order chi connectivity index (χ0) is 23.8.